The lowest BCUT2D eigenvalue weighted by molar-refractivity contribution is -0.149. The van der Waals surface area contributed by atoms with Crippen LogP contribution in [0, 0.1) is 19.3 Å². The number of H-pyrrole nitrogens is 1. The minimum Gasteiger partial charge on any atom is -0.462 e. The normalized spacial score (nSPS) is 24.9. The molecule has 15 heteroatoms. The number of ether oxygens (including phenoxy) is 2. The lowest BCUT2D eigenvalue weighted by Crippen LogP contribution is -2.46. The average Bonchev–Trinajstić information content (AvgIpc) is 3.42. The van der Waals surface area contributed by atoms with Crippen molar-refractivity contribution in [2.45, 2.75) is 63.9 Å². The molecule has 2 aromatic heterocycles. The first-order chi connectivity index (χ1) is 18.9. The number of fused-ring (bicyclic) bond motifs is 1. The topological polar surface area (TPSA) is 170 Å². The number of rotatable bonds is 10. The van der Waals surface area contributed by atoms with Crippen LogP contribution in [0.5, 0.6) is 5.75 Å². The number of terminal acetylenes is 1. The summed E-state index contributed by atoms with van der Waals surface area (Å²) in [6.45, 7) is 2.71. The van der Waals surface area contributed by atoms with Crippen molar-refractivity contribution in [1.82, 2.24) is 24.6 Å². The van der Waals surface area contributed by atoms with Gasteiger partial charge in [0.05, 0.1) is 19.0 Å². The van der Waals surface area contributed by atoms with Crippen LogP contribution >= 0.6 is 6.64 Å². The Morgan fingerprint density at radius 1 is 1.38 bits per heavy atom. The van der Waals surface area contributed by atoms with E-state index in [4.69, 9.17) is 36.8 Å². The highest BCUT2D eigenvalue weighted by molar-refractivity contribution is 8.09. The Kier molecular flexibility index (Phi) is 8.77. The van der Waals surface area contributed by atoms with Gasteiger partial charge in [0.2, 0.25) is 0 Å². The van der Waals surface area contributed by atoms with Crippen molar-refractivity contribution in [3.05, 3.63) is 52.8 Å². The van der Waals surface area contributed by atoms with Gasteiger partial charge in [0.25, 0.3) is 5.56 Å². The van der Waals surface area contributed by atoms with Crippen LogP contribution in [0.25, 0.3) is 11.2 Å². The maximum Gasteiger partial charge on any atom is 0.323 e. The SMILES string of the molecule is C#C[C@@]1(O)[C@H](O)[C@@H](COP(=S)(NC(C)C(=O)OC(C)C)Oc2ccccc2)O[C@H]1n1cnc2c(=O)[nH]c(C)nc21. The third kappa shape index (κ3) is 6.11. The summed E-state index contributed by atoms with van der Waals surface area (Å²) in [5.74, 6) is 2.31. The summed E-state index contributed by atoms with van der Waals surface area (Å²) in [4.78, 5) is 35.6. The van der Waals surface area contributed by atoms with Crippen LogP contribution in [-0.4, -0.2) is 72.3 Å². The Morgan fingerprint density at radius 2 is 2.08 bits per heavy atom. The van der Waals surface area contributed by atoms with Crippen LogP contribution in [0.4, 0.5) is 0 Å². The maximum absolute atomic E-state index is 12.5. The minimum atomic E-state index is -3.47. The summed E-state index contributed by atoms with van der Waals surface area (Å²) >= 11 is 5.70. The molecule has 40 heavy (non-hydrogen) atoms. The fraction of sp³-hybridized carbons (Fsp3) is 0.440. The molecule has 1 aliphatic rings. The smallest absolute Gasteiger partial charge is 0.323 e. The Labute approximate surface area is 235 Å². The average molecular weight is 592 g/mol. The molecule has 214 valence electrons. The molecule has 1 aromatic carbocycles. The van der Waals surface area contributed by atoms with Gasteiger partial charge in [0, 0.05) is 0 Å². The van der Waals surface area contributed by atoms with Gasteiger partial charge in [-0.05, 0) is 51.6 Å². The summed E-state index contributed by atoms with van der Waals surface area (Å²) in [5.41, 5.74) is -2.63. The van der Waals surface area contributed by atoms with Crippen LogP contribution < -0.4 is 15.2 Å². The second kappa shape index (κ2) is 11.8. The number of benzene rings is 1. The van der Waals surface area contributed by atoms with Gasteiger partial charge in [-0.2, -0.15) is 0 Å². The Morgan fingerprint density at radius 3 is 2.73 bits per heavy atom. The third-order valence-electron chi connectivity index (χ3n) is 5.95. The highest BCUT2D eigenvalue weighted by Crippen LogP contribution is 2.47. The summed E-state index contributed by atoms with van der Waals surface area (Å²) < 4.78 is 24.4. The van der Waals surface area contributed by atoms with Crippen molar-refractivity contribution in [3.63, 3.8) is 0 Å². The number of aryl methyl sites for hydroxylation is 1. The van der Waals surface area contributed by atoms with E-state index in [0.29, 0.717) is 11.6 Å². The fourth-order valence-corrected chi connectivity index (χ4v) is 6.47. The third-order valence-corrected chi connectivity index (χ3v) is 8.45. The van der Waals surface area contributed by atoms with Crippen molar-refractivity contribution in [1.29, 1.82) is 0 Å². The molecule has 1 saturated heterocycles. The van der Waals surface area contributed by atoms with Crippen molar-refractivity contribution < 1.29 is 33.5 Å². The number of aromatic amines is 1. The summed E-state index contributed by atoms with van der Waals surface area (Å²) in [6, 6.07) is 7.70. The second-order valence-corrected chi connectivity index (χ2v) is 12.6. The molecule has 4 rings (SSSR count). The van der Waals surface area contributed by atoms with E-state index in [1.165, 1.54) is 10.9 Å². The molecule has 2 unspecified atom stereocenters. The molecule has 3 aromatic rings. The summed E-state index contributed by atoms with van der Waals surface area (Å²) in [5, 5.41) is 25.2. The number of hydrogen-bond acceptors (Lipinski definition) is 11. The van der Waals surface area contributed by atoms with Crippen LogP contribution in [0.2, 0.25) is 0 Å². The zero-order valence-electron chi connectivity index (χ0n) is 22.2. The van der Waals surface area contributed by atoms with Gasteiger partial charge in [-0.1, -0.05) is 24.1 Å². The minimum absolute atomic E-state index is 0.000921. The van der Waals surface area contributed by atoms with E-state index in [9.17, 15) is 19.8 Å². The van der Waals surface area contributed by atoms with Crippen LogP contribution in [0.15, 0.2) is 41.5 Å². The van der Waals surface area contributed by atoms with Gasteiger partial charge >= 0.3 is 12.6 Å². The molecule has 0 spiro atoms. The molecular weight excluding hydrogens is 561 g/mol. The summed E-state index contributed by atoms with van der Waals surface area (Å²) in [7, 11) is 0. The Hall–Kier alpha value is -3.15. The van der Waals surface area contributed by atoms with Crippen molar-refractivity contribution in [2.75, 3.05) is 6.61 Å². The quantitative estimate of drug-likeness (QED) is 0.152. The number of imidazole rings is 1. The molecule has 0 bridgehead atoms. The number of para-hydroxylation sites is 1. The molecule has 6 atom stereocenters. The predicted molar refractivity (Wildman–Crippen MR) is 148 cm³/mol. The number of nitrogens with zero attached hydrogens (tertiary/aromatic N) is 3. The first kappa shape index (κ1) is 29.8. The van der Waals surface area contributed by atoms with E-state index >= 15 is 0 Å². The van der Waals surface area contributed by atoms with Gasteiger partial charge in [-0.25, -0.2) is 15.1 Å². The van der Waals surface area contributed by atoms with Gasteiger partial charge in [-0.15, -0.1) is 6.42 Å². The standard InChI is InChI=1S/C25H30N5O8PS/c1-6-25(34)20(31)18(37-24(25)30-13-26-19-21(30)27-16(5)28-22(19)32)12-35-39(40,38-17-10-8-7-9-11-17)29-15(4)23(33)36-14(2)3/h1,7-11,13-15,18,20,24,31,34H,12H2,2-5H3,(H,29,40)(H,27,28,32)/t15?,18-,20-,24-,25-,39?/m1/s1. The molecule has 0 radical (unpaired) electrons. The van der Waals surface area contributed by atoms with Gasteiger partial charge in [-0.3, -0.25) is 14.2 Å². The van der Waals surface area contributed by atoms with E-state index < -0.39 is 48.2 Å². The van der Waals surface area contributed by atoms with Crippen LogP contribution in [0.3, 0.4) is 0 Å². The number of carbonyl (C=O) groups excluding carboxylic acids is 1. The molecule has 4 N–H and O–H groups in total. The highest BCUT2D eigenvalue weighted by Gasteiger charge is 2.56. The van der Waals surface area contributed by atoms with Crippen LogP contribution in [-0.2, 0) is 30.6 Å². The van der Waals surface area contributed by atoms with Crippen molar-refractivity contribution in [2.24, 2.45) is 0 Å². The molecule has 0 amide bonds. The zero-order valence-corrected chi connectivity index (χ0v) is 23.9. The highest BCUT2D eigenvalue weighted by atomic mass is 32.5. The van der Waals surface area contributed by atoms with E-state index in [1.54, 1.807) is 58.0 Å². The van der Waals surface area contributed by atoms with Crippen molar-refractivity contribution in [3.8, 4) is 18.1 Å². The number of esters is 1. The fourth-order valence-electron chi connectivity index (χ4n) is 4.05. The molecular formula is C25H30N5O8PS. The monoisotopic (exact) mass is 591 g/mol. The largest absolute Gasteiger partial charge is 0.462 e. The van der Waals surface area contributed by atoms with Gasteiger partial charge in [0.1, 0.15) is 29.8 Å². The number of carbonyl (C=O) groups is 1. The number of aliphatic hydroxyl groups is 2. The maximum atomic E-state index is 12.5. The lowest BCUT2D eigenvalue weighted by Gasteiger charge is -2.28. The molecule has 0 saturated carbocycles. The molecule has 0 aliphatic carbocycles. The van der Waals surface area contributed by atoms with E-state index in [0.717, 1.165) is 0 Å². The molecule has 3 heterocycles. The molecule has 1 aliphatic heterocycles. The number of aromatic nitrogens is 4. The van der Waals surface area contributed by atoms with E-state index in [2.05, 4.69) is 26.0 Å². The molecule has 13 nitrogen and oxygen atoms in total. The first-order valence-corrected chi connectivity index (χ1v) is 15.0. The predicted octanol–water partition coefficient (Wildman–Crippen LogP) is 1.30. The van der Waals surface area contributed by atoms with Crippen molar-refractivity contribution >= 4 is 35.6 Å². The van der Waals surface area contributed by atoms with Crippen LogP contribution in [0.1, 0.15) is 32.8 Å². The second-order valence-electron chi connectivity index (χ2n) is 9.45. The number of aliphatic hydroxyl groups excluding tert-OH is 1. The molecule has 1 fully saturated rings. The summed E-state index contributed by atoms with van der Waals surface area (Å²) in [6.07, 6.45) is 2.31. The van der Waals surface area contributed by atoms with Gasteiger partial charge in [0.15, 0.2) is 23.0 Å². The zero-order chi connectivity index (χ0) is 29.2. The first-order valence-electron chi connectivity index (χ1n) is 12.3. The Bertz CT molecular complexity index is 1520. The lowest BCUT2D eigenvalue weighted by atomic mass is 9.95. The Balaban J connectivity index is 1.59. The van der Waals surface area contributed by atoms with E-state index in [1.807, 2.05) is 0 Å². The number of nitrogens with one attached hydrogen (secondary N) is 2. The van der Waals surface area contributed by atoms with Gasteiger partial charge < -0.3 is 33.7 Å². The van der Waals surface area contributed by atoms with E-state index in [-0.39, 0.29) is 23.9 Å². The number of hydrogen-bond donors (Lipinski definition) is 4.